The molecular weight excluding hydrogens is 342 g/mol. The molecule has 0 unspecified atom stereocenters. The van der Waals surface area contributed by atoms with Gasteiger partial charge in [0.2, 0.25) is 0 Å². The first-order valence-corrected chi connectivity index (χ1v) is 7.36. The van der Waals surface area contributed by atoms with Gasteiger partial charge in [-0.3, -0.25) is 0 Å². The third-order valence-electron chi connectivity index (χ3n) is 3.18. The Hall–Kier alpha value is -1.46. The van der Waals surface area contributed by atoms with E-state index in [-0.39, 0.29) is 16.6 Å². The SMILES string of the molecule is CC[C@H](O)c1ccccc1OCc1c(F)ccc(Br)c1F. The maximum Gasteiger partial charge on any atom is 0.146 e. The van der Waals surface area contributed by atoms with Crippen LogP contribution in [0.5, 0.6) is 5.75 Å². The van der Waals surface area contributed by atoms with Crippen molar-refractivity contribution < 1.29 is 18.6 Å². The molecule has 0 aliphatic carbocycles. The minimum absolute atomic E-state index is 0.148. The number of hydrogen-bond acceptors (Lipinski definition) is 2. The van der Waals surface area contributed by atoms with Crippen molar-refractivity contribution in [3.63, 3.8) is 0 Å². The highest BCUT2D eigenvalue weighted by molar-refractivity contribution is 9.10. The summed E-state index contributed by atoms with van der Waals surface area (Å²) in [6.07, 6.45) is -0.140. The van der Waals surface area contributed by atoms with Crippen LogP contribution in [-0.4, -0.2) is 5.11 Å². The smallest absolute Gasteiger partial charge is 0.146 e. The third-order valence-corrected chi connectivity index (χ3v) is 3.79. The van der Waals surface area contributed by atoms with Crippen LogP contribution >= 0.6 is 15.9 Å². The highest BCUT2D eigenvalue weighted by atomic mass is 79.9. The van der Waals surface area contributed by atoms with E-state index in [1.807, 2.05) is 6.92 Å². The lowest BCUT2D eigenvalue weighted by Gasteiger charge is -2.15. The highest BCUT2D eigenvalue weighted by Crippen LogP contribution is 2.29. The summed E-state index contributed by atoms with van der Waals surface area (Å²) in [4.78, 5) is 0. The van der Waals surface area contributed by atoms with Gasteiger partial charge in [-0.15, -0.1) is 0 Å². The van der Waals surface area contributed by atoms with Gasteiger partial charge in [0, 0.05) is 5.56 Å². The molecule has 0 amide bonds. The summed E-state index contributed by atoms with van der Waals surface area (Å²) in [5, 5.41) is 9.92. The molecule has 0 aromatic heterocycles. The summed E-state index contributed by atoms with van der Waals surface area (Å²) in [6.45, 7) is 1.60. The number of para-hydroxylation sites is 1. The third kappa shape index (κ3) is 3.60. The highest BCUT2D eigenvalue weighted by Gasteiger charge is 2.15. The maximum atomic E-state index is 13.9. The molecule has 2 rings (SSSR count). The normalized spacial score (nSPS) is 12.2. The number of ether oxygens (including phenoxy) is 1. The Labute approximate surface area is 130 Å². The second-order valence-corrected chi connectivity index (χ2v) is 5.43. The summed E-state index contributed by atoms with van der Waals surface area (Å²) in [5.41, 5.74) is 0.459. The zero-order valence-electron chi connectivity index (χ0n) is 11.4. The Kier molecular flexibility index (Phi) is 5.31. The van der Waals surface area contributed by atoms with Crippen LogP contribution in [0.1, 0.15) is 30.6 Å². The molecule has 0 bridgehead atoms. The van der Waals surface area contributed by atoms with Crippen LogP contribution in [0.2, 0.25) is 0 Å². The number of hydrogen-bond donors (Lipinski definition) is 1. The largest absolute Gasteiger partial charge is 0.488 e. The molecule has 1 N–H and O–H groups in total. The van der Waals surface area contributed by atoms with Crippen molar-refractivity contribution in [2.24, 2.45) is 0 Å². The van der Waals surface area contributed by atoms with E-state index in [2.05, 4.69) is 15.9 Å². The summed E-state index contributed by atoms with van der Waals surface area (Å²) >= 11 is 3.02. The van der Waals surface area contributed by atoms with Crippen molar-refractivity contribution >= 4 is 15.9 Å². The second-order valence-electron chi connectivity index (χ2n) is 4.57. The predicted octanol–water partition coefficient (Wildman–Crippen LogP) is 4.75. The van der Waals surface area contributed by atoms with E-state index in [9.17, 15) is 13.9 Å². The molecule has 2 aromatic carbocycles. The van der Waals surface area contributed by atoms with Crippen molar-refractivity contribution in [3.8, 4) is 5.75 Å². The Morgan fingerprint density at radius 3 is 2.62 bits per heavy atom. The fourth-order valence-corrected chi connectivity index (χ4v) is 2.33. The lowest BCUT2D eigenvalue weighted by molar-refractivity contribution is 0.166. The molecule has 5 heteroatoms. The van der Waals surface area contributed by atoms with Crippen molar-refractivity contribution in [2.45, 2.75) is 26.1 Å². The van der Waals surface area contributed by atoms with Gasteiger partial charge in [0.15, 0.2) is 0 Å². The van der Waals surface area contributed by atoms with Crippen LogP contribution in [-0.2, 0) is 6.61 Å². The molecule has 2 nitrogen and oxygen atoms in total. The lowest BCUT2D eigenvalue weighted by atomic mass is 10.1. The molecule has 0 fully saturated rings. The molecule has 21 heavy (non-hydrogen) atoms. The average molecular weight is 357 g/mol. The van der Waals surface area contributed by atoms with Gasteiger partial charge in [-0.1, -0.05) is 25.1 Å². The van der Waals surface area contributed by atoms with E-state index in [4.69, 9.17) is 4.74 Å². The quantitative estimate of drug-likeness (QED) is 0.783. The van der Waals surface area contributed by atoms with Gasteiger partial charge in [0.05, 0.1) is 16.1 Å². The first kappa shape index (κ1) is 15.9. The predicted molar refractivity (Wildman–Crippen MR) is 80.1 cm³/mol. The van der Waals surface area contributed by atoms with Crippen LogP contribution in [0.25, 0.3) is 0 Å². The average Bonchev–Trinajstić information content (AvgIpc) is 2.50. The number of benzene rings is 2. The molecule has 0 aliphatic rings. The molecule has 1 atom stereocenters. The number of aliphatic hydroxyl groups is 1. The van der Waals surface area contributed by atoms with E-state index >= 15 is 0 Å². The Morgan fingerprint density at radius 1 is 1.19 bits per heavy atom. The fourth-order valence-electron chi connectivity index (χ4n) is 1.96. The van der Waals surface area contributed by atoms with Gasteiger partial charge in [-0.2, -0.15) is 0 Å². The Morgan fingerprint density at radius 2 is 1.90 bits per heavy atom. The van der Waals surface area contributed by atoms with Gasteiger partial charge < -0.3 is 9.84 Å². The molecule has 0 radical (unpaired) electrons. The fraction of sp³-hybridized carbons (Fsp3) is 0.250. The van der Waals surface area contributed by atoms with E-state index in [1.165, 1.54) is 12.1 Å². The van der Waals surface area contributed by atoms with Gasteiger partial charge in [-0.25, -0.2) is 8.78 Å². The van der Waals surface area contributed by atoms with E-state index in [0.29, 0.717) is 17.7 Å². The first-order valence-electron chi connectivity index (χ1n) is 6.56. The van der Waals surface area contributed by atoms with Gasteiger partial charge in [-0.05, 0) is 40.5 Å². The van der Waals surface area contributed by atoms with Gasteiger partial charge in [0.1, 0.15) is 24.0 Å². The number of aliphatic hydroxyl groups excluding tert-OH is 1. The van der Waals surface area contributed by atoms with E-state index in [1.54, 1.807) is 24.3 Å². The van der Waals surface area contributed by atoms with Gasteiger partial charge in [0.25, 0.3) is 0 Å². The lowest BCUT2D eigenvalue weighted by Crippen LogP contribution is -2.05. The van der Waals surface area contributed by atoms with Crippen molar-refractivity contribution in [1.82, 2.24) is 0 Å². The Balaban J connectivity index is 2.23. The Bertz CT molecular complexity index is 632. The van der Waals surface area contributed by atoms with Crippen LogP contribution in [0.15, 0.2) is 40.9 Å². The molecular formula is C16H15BrF2O2. The number of halogens is 3. The van der Waals surface area contributed by atoms with E-state index in [0.717, 1.165) is 0 Å². The molecule has 0 saturated carbocycles. The standard InChI is InChI=1S/C16H15BrF2O2/c1-2-14(20)10-5-3-4-6-15(10)21-9-11-13(18)8-7-12(17)16(11)19/h3-8,14,20H,2,9H2,1H3/t14-/m0/s1. The van der Waals surface area contributed by atoms with Crippen molar-refractivity contribution in [2.75, 3.05) is 0 Å². The summed E-state index contributed by atoms with van der Waals surface area (Å²) in [7, 11) is 0. The second kappa shape index (κ2) is 7.00. The molecule has 0 saturated heterocycles. The van der Waals surface area contributed by atoms with E-state index < -0.39 is 17.7 Å². The van der Waals surface area contributed by atoms with Crippen molar-refractivity contribution in [1.29, 1.82) is 0 Å². The minimum Gasteiger partial charge on any atom is -0.488 e. The summed E-state index contributed by atoms with van der Waals surface area (Å²) in [5.74, 6) is -0.918. The van der Waals surface area contributed by atoms with Crippen LogP contribution in [0.3, 0.4) is 0 Å². The summed E-state index contributed by atoms with van der Waals surface area (Å²) < 4.78 is 33.2. The van der Waals surface area contributed by atoms with Crippen molar-refractivity contribution in [3.05, 3.63) is 63.6 Å². The number of rotatable bonds is 5. The molecule has 0 aliphatic heterocycles. The molecule has 0 spiro atoms. The van der Waals surface area contributed by atoms with Crippen LogP contribution in [0, 0.1) is 11.6 Å². The maximum absolute atomic E-state index is 13.9. The van der Waals surface area contributed by atoms with Gasteiger partial charge >= 0.3 is 0 Å². The minimum atomic E-state index is -0.677. The van der Waals surface area contributed by atoms with Crippen LogP contribution < -0.4 is 4.74 Å². The zero-order valence-corrected chi connectivity index (χ0v) is 13.0. The molecule has 112 valence electrons. The zero-order chi connectivity index (χ0) is 15.4. The summed E-state index contributed by atoms with van der Waals surface area (Å²) in [6, 6.07) is 9.41. The van der Waals surface area contributed by atoms with Crippen LogP contribution in [0.4, 0.5) is 8.78 Å². The monoisotopic (exact) mass is 356 g/mol. The molecule has 2 aromatic rings. The topological polar surface area (TPSA) is 29.5 Å². The molecule has 0 heterocycles. The first-order chi connectivity index (χ1) is 10.0.